The summed E-state index contributed by atoms with van der Waals surface area (Å²) >= 11 is 4.77. The van der Waals surface area contributed by atoms with Crippen LogP contribution >= 0.6 is 12.2 Å². The second-order valence-electron chi connectivity index (χ2n) is 3.13. The summed E-state index contributed by atoms with van der Waals surface area (Å²) in [5, 5.41) is 4.03. The molecule has 2 aromatic heterocycles. The van der Waals surface area contributed by atoms with E-state index in [0.29, 0.717) is 11.8 Å². The molecule has 0 bridgehead atoms. The molecular weight excluding hydrogens is 256 g/mol. The minimum Gasteiger partial charge on any atom is -0.481 e. The van der Waals surface area contributed by atoms with Gasteiger partial charge in [0.05, 0.1) is 20.3 Å². The first-order valence-corrected chi connectivity index (χ1v) is 5.23. The zero-order chi connectivity index (χ0) is 13.1. The molecule has 2 heterocycles. The highest BCUT2D eigenvalue weighted by atomic mass is 32.1. The van der Waals surface area contributed by atoms with Crippen LogP contribution in [0.25, 0.3) is 5.95 Å². The molecule has 0 saturated heterocycles. The van der Waals surface area contributed by atoms with Crippen LogP contribution in [-0.2, 0) is 0 Å². The van der Waals surface area contributed by atoms with E-state index in [1.807, 2.05) is 0 Å². The lowest BCUT2D eigenvalue weighted by molar-refractivity contribution is 0.369. The average Bonchev–Trinajstić information content (AvgIpc) is 2.87. The van der Waals surface area contributed by atoms with E-state index < -0.39 is 0 Å². The fourth-order valence-corrected chi connectivity index (χ4v) is 1.27. The molecule has 0 aliphatic rings. The van der Waals surface area contributed by atoms with Crippen LogP contribution in [0.5, 0.6) is 11.8 Å². The fraction of sp³-hybridized carbons (Fsp3) is 0.222. The molecule has 8 nitrogen and oxygen atoms in total. The summed E-state index contributed by atoms with van der Waals surface area (Å²) in [6, 6.07) is 1.55. The zero-order valence-electron chi connectivity index (χ0n) is 9.69. The quantitative estimate of drug-likeness (QED) is 0.753. The predicted octanol–water partition coefficient (Wildman–Crippen LogP) is -0.291. The first kappa shape index (κ1) is 12.2. The van der Waals surface area contributed by atoms with E-state index in [-0.39, 0.29) is 16.8 Å². The Kier molecular flexibility index (Phi) is 3.33. The van der Waals surface area contributed by atoms with E-state index in [9.17, 15) is 0 Å². The lowest BCUT2D eigenvalue weighted by Gasteiger charge is -2.05. The third kappa shape index (κ3) is 2.35. The first-order chi connectivity index (χ1) is 8.63. The van der Waals surface area contributed by atoms with Gasteiger partial charge in [0.2, 0.25) is 17.6 Å². The Labute approximate surface area is 108 Å². The second kappa shape index (κ2) is 4.92. The molecule has 0 aromatic carbocycles. The Morgan fingerprint density at radius 1 is 1.28 bits per heavy atom. The number of hydrogen-bond donors (Lipinski definition) is 1. The number of hydrogen-bond acceptors (Lipinski definition) is 7. The van der Waals surface area contributed by atoms with Crippen LogP contribution in [0.3, 0.4) is 0 Å². The molecule has 18 heavy (non-hydrogen) atoms. The normalized spacial score (nSPS) is 10.1. The summed E-state index contributed by atoms with van der Waals surface area (Å²) in [4.78, 5) is 12.2. The summed E-state index contributed by atoms with van der Waals surface area (Å²) in [6.45, 7) is 0. The molecule has 0 fully saturated rings. The van der Waals surface area contributed by atoms with Crippen LogP contribution < -0.4 is 15.2 Å². The molecule has 2 aromatic rings. The molecule has 0 atom stereocenters. The molecule has 0 saturated carbocycles. The number of nitrogens with zero attached hydrogens (tertiary/aromatic N) is 5. The van der Waals surface area contributed by atoms with Crippen LogP contribution in [-0.4, -0.2) is 43.9 Å². The van der Waals surface area contributed by atoms with Crippen LogP contribution in [0.2, 0.25) is 0 Å². The number of aromatic nitrogens is 5. The Morgan fingerprint density at radius 3 is 2.33 bits per heavy atom. The molecular formula is C9H10N6O2S. The van der Waals surface area contributed by atoms with Gasteiger partial charge in [-0.25, -0.2) is 4.98 Å². The molecule has 0 radical (unpaired) electrons. The Morgan fingerprint density at radius 2 is 1.89 bits per heavy atom. The summed E-state index contributed by atoms with van der Waals surface area (Å²) < 4.78 is 11.4. The molecule has 0 unspecified atom stereocenters. The van der Waals surface area contributed by atoms with Crippen LogP contribution in [0.4, 0.5) is 0 Å². The first-order valence-electron chi connectivity index (χ1n) is 4.83. The van der Waals surface area contributed by atoms with Gasteiger partial charge >= 0.3 is 0 Å². The van der Waals surface area contributed by atoms with Gasteiger partial charge in [0.15, 0.2) is 0 Å². The Hall–Kier alpha value is -2.29. The highest BCUT2D eigenvalue weighted by Crippen LogP contribution is 2.16. The second-order valence-corrected chi connectivity index (χ2v) is 3.57. The van der Waals surface area contributed by atoms with Gasteiger partial charge in [-0.05, 0) is 0 Å². The van der Waals surface area contributed by atoms with Crippen LogP contribution in [0.1, 0.15) is 5.82 Å². The molecule has 94 valence electrons. The van der Waals surface area contributed by atoms with Gasteiger partial charge in [-0.15, -0.1) is 5.10 Å². The van der Waals surface area contributed by atoms with Crippen molar-refractivity contribution in [3.8, 4) is 17.7 Å². The van der Waals surface area contributed by atoms with Gasteiger partial charge in [-0.3, -0.25) is 0 Å². The lowest BCUT2D eigenvalue weighted by atomic mass is 10.6. The van der Waals surface area contributed by atoms with Gasteiger partial charge in [-0.1, -0.05) is 12.2 Å². The van der Waals surface area contributed by atoms with Crippen molar-refractivity contribution in [1.29, 1.82) is 0 Å². The summed E-state index contributed by atoms with van der Waals surface area (Å²) in [5.41, 5.74) is 5.42. The largest absolute Gasteiger partial charge is 0.481 e. The van der Waals surface area contributed by atoms with Crippen LogP contribution in [0, 0.1) is 0 Å². The molecule has 0 aliphatic carbocycles. The van der Waals surface area contributed by atoms with Gasteiger partial charge in [0, 0.05) is 0 Å². The molecule has 9 heteroatoms. The maximum absolute atomic E-state index is 5.42. The highest BCUT2D eigenvalue weighted by molar-refractivity contribution is 7.80. The molecule has 2 rings (SSSR count). The SMILES string of the molecule is COc1cc(OC)nc(-n2cnc(C(N)=S)n2)n1. The van der Waals surface area contributed by atoms with E-state index >= 15 is 0 Å². The summed E-state index contributed by atoms with van der Waals surface area (Å²) in [6.07, 6.45) is 1.41. The fourth-order valence-electron chi connectivity index (χ4n) is 1.18. The van der Waals surface area contributed by atoms with Crippen molar-refractivity contribution in [1.82, 2.24) is 24.7 Å². The minimum atomic E-state index is 0.101. The van der Waals surface area contributed by atoms with Crippen molar-refractivity contribution >= 4 is 17.2 Å². The third-order valence-electron chi connectivity index (χ3n) is 2.00. The number of nitrogens with two attached hydrogens (primary N) is 1. The topological polar surface area (TPSA) is 101 Å². The maximum Gasteiger partial charge on any atom is 0.258 e. The van der Waals surface area contributed by atoms with Crippen molar-refractivity contribution in [2.75, 3.05) is 14.2 Å². The Balaban J connectivity index is 2.45. The lowest BCUT2D eigenvalue weighted by Crippen LogP contribution is -2.12. The van der Waals surface area contributed by atoms with Gasteiger partial charge in [0.25, 0.3) is 5.95 Å². The third-order valence-corrected chi connectivity index (χ3v) is 2.19. The molecule has 0 spiro atoms. The Bertz CT molecular complexity index is 562. The van der Waals surface area contributed by atoms with Gasteiger partial charge in [0.1, 0.15) is 11.3 Å². The van der Waals surface area contributed by atoms with E-state index in [2.05, 4.69) is 20.1 Å². The summed E-state index contributed by atoms with van der Waals surface area (Å²) in [7, 11) is 2.99. The maximum atomic E-state index is 5.42. The number of methoxy groups -OCH3 is 2. The monoisotopic (exact) mass is 266 g/mol. The minimum absolute atomic E-state index is 0.101. The van der Waals surface area contributed by atoms with E-state index in [1.165, 1.54) is 25.2 Å². The zero-order valence-corrected chi connectivity index (χ0v) is 10.5. The van der Waals surface area contributed by atoms with E-state index in [4.69, 9.17) is 27.4 Å². The van der Waals surface area contributed by atoms with Gasteiger partial charge in [-0.2, -0.15) is 14.6 Å². The van der Waals surface area contributed by atoms with Crippen molar-refractivity contribution < 1.29 is 9.47 Å². The van der Waals surface area contributed by atoms with Crippen molar-refractivity contribution in [3.05, 3.63) is 18.2 Å². The van der Waals surface area contributed by atoms with Crippen molar-refractivity contribution in [2.45, 2.75) is 0 Å². The molecule has 2 N–H and O–H groups in total. The average molecular weight is 266 g/mol. The summed E-state index contributed by atoms with van der Waals surface area (Å²) in [5.74, 6) is 1.20. The van der Waals surface area contributed by atoms with E-state index in [1.54, 1.807) is 6.07 Å². The van der Waals surface area contributed by atoms with Crippen LogP contribution in [0.15, 0.2) is 12.4 Å². The predicted molar refractivity (Wildman–Crippen MR) is 65.9 cm³/mol. The number of ether oxygens (including phenoxy) is 2. The standard InChI is InChI=1S/C9H10N6O2S/c1-16-5-3-6(17-2)13-9(12-5)15-4-11-8(14-15)7(10)18/h3-4H,1-2H3,(H2,10,18). The highest BCUT2D eigenvalue weighted by Gasteiger charge is 2.10. The van der Waals surface area contributed by atoms with Gasteiger partial charge < -0.3 is 15.2 Å². The molecule has 0 aliphatic heterocycles. The molecule has 0 amide bonds. The van der Waals surface area contributed by atoms with Crippen molar-refractivity contribution in [3.63, 3.8) is 0 Å². The van der Waals surface area contributed by atoms with Crippen molar-refractivity contribution in [2.24, 2.45) is 5.73 Å². The smallest absolute Gasteiger partial charge is 0.258 e. The van der Waals surface area contributed by atoms with E-state index in [0.717, 1.165) is 0 Å². The number of rotatable bonds is 4. The number of thiocarbonyl (C=S) groups is 1.